The molecule has 0 aliphatic carbocycles. The molecule has 136 valence electrons. The van der Waals surface area contributed by atoms with Gasteiger partial charge in [0.2, 0.25) is 5.91 Å². The Bertz CT molecular complexity index is 812. The number of hydrogen-bond acceptors (Lipinski definition) is 4. The minimum atomic E-state index is -0.225. The summed E-state index contributed by atoms with van der Waals surface area (Å²) in [5.74, 6) is 0.349. The zero-order valence-corrected chi connectivity index (χ0v) is 15.3. The number of nitrogens with zero attached hydrogens (tertiary/aromatic N) is 2. The number of carbonyl (C=O) groups excluding carboxylic acids is 2. The molecule has 0 unspecified atom stereocenters. The van der Waals surface area contributed by atoms with Crippen LogP contribution in [0.3, 0.4) is 0 Å². The Balaban J connectivity index is 1.56. The number of nitrogens with one attached hydrogen (secondary N) is 2. The highest BCUT2D eigenvalue weighted by atomic mass is 35.5. The summed E-state index contributed by atoms with van der Waals surface area (Å²) in [6, 6.07) is 10.9. The molecule has 2 amide bonds. The van der Waals surface area contributed by atoms with Gasteiger partial charge in [-0.1, -0.05) is 23.7 Å². The van der Waals surface area contributed by atoms with Crippen LogP contribution in [0.15, 0.2) is 42.6 Å². The fraction of sp³-hybridized carbons (Fsp3) is 0.316. The number of pyridine rings is 1. The molecule has 26 heavy (non-hydrogen) atoms. The molecule has 0 spiro atoms. The molecule has 1 aromatic heterocycles. The molecule has 0 radical (unpaired) electrons. The van der Waals surface area contributed by atoms with E-state index in [1.54, 1.807) is 30.3 Å². The first-order valence-corrected chi connectivity index (χ1v) is 8.90. The third kappa shape index (κ3) is 4.32. The van der Waals surface area contributed by atoms with E-state index in [2.05, 4.69) is 15.6 Å². The number of benzene rings is 1. The molecule has 2 heterocycles. The van der Waals surface area contributed by atoms with Gasteiger partial charge in [0.25, 0.3) is 5.91 Å². The molecule has 1 atom stereocenters. The normalized spacial score (nSPS) is 16.6. The van der Waals surface area contributed by atoms with E-state index < -0.39 is 0 Å². The van der Waals surface area contributed by atoms with Crippen LogP contribution in [0, 0.1) is 0 Å². The van der Waals surface area contributed by atoms with Crippen LogP contribution in [0.4, 0.5) is 5.82 Å². The van der Waals surface area contributed by atoms with Crippen molar-refractivity contribution in [1.82, 2.24) is 15.2 Å². The summed E-state index contributed by atoms with van der Waals surface area (Å²) in [5.41, 5.74) is 1.56. The molecule has 1 saturated heterocycles. The number of rotatable bonds is 6. The zero-order valence-electron chi connectivity index (χ0n) is 14.5. The van der Waals surface area contributed by atoms with Gasteiger partial charge in [0.05, 0.1) is 11.6 Å². The summed E-state index contributed by atoms with van der Waals surface area (Å²) >= 11 is 5.99. The number of halogens is 1. The average molecular weight is 373 g/mol. The topological polar surface area (TPSA) is 74.3 Å². The number of carbonyl (C=O) groups is 2. The molecule has 0 bridgehead atoms. The molecule has 1 aliphatic rings. The second-order valence-electron chi connectivity index (χ2n) is 6.24. The van der Waals surface area contributed by atoms with Crippen molar-refractivity contribution in [3.05, 3.63) is 58.7 Å². The molecule has 3 rings (SSSR count). The Kier molecular flexibility index (Phi) is 5.73. The van der Waals surface area contributed by atoms with Crippen LogP contribution >= 0.6 is 11.6 Å². The molecule has 1 aliphatic heterocycles. The van der Waals surface area contributed by atoms with Crippen LogP contribution in [-0.4, -0.2) is 47.9 Å². The third-order valence-electron chi connectivity index (χ3n) is 4.40. The number of hydrogen-bond donors (Lipinski definition) is 2. The average Bonchev–Trinajstić information content (AvgIpc) is 2.99. The first-order valence-electron chi connectivity index (χ1n) is 8.52. The fourth-order valence-corrected chi connectivity index (χ4v) is 3.31. The van der Waals surface area contributed by atoms with E-state index in [-0.39, 0.29) is 17.9 Å². The highest BCUT2D eigenvalue weighted by molar-refractivity contribution is 6.30. The highest BCUT2D eigenvalue weighted by Gasteiger charge is 2.30. The van der Waals surface area contributed by atoms with Crippen molar-refractivity contribution in [3.8, 4) is 0 Å². The van der Waals surface area contributed by atoms with Gasteiger partial charge in [0.1, 0.15) is 5.82 Å². The molecular weight excluding hydrogens is 352 g/mol. The van der Waals surface area contributed by atoms with Crippen LogP contribution in [0.2, 0.25) is 5.02 Å². The zero-order chi connectivity index (χ0) is 18.5. The summed E-state index contributed by atoms with van der Waals surface area (Å²) in [7, 11) is 1.72. The minimum Gasteiger partial charge on any atom is -0.372 e. The molecule has 1 fully saturated rings. The highest BCUT2D eigenvalue weighted by Crippen LogP contribution is 2.16. The standard InChI is InChI=1S/C19H21ClN4O2/c1-21-18-16(6-3-8-22-18)19(26)23-15-11-17(25)24(12-15)9-7-13-4-2-5-14(20)10-13/h2-6,8,10,15H,7,9,11-12H2,1H3,(H,21,22)(H,23,26)/t15-/m0/s1. The SMILES string of the molecule is CNc1ncccc1C(=O)N[C@H]1CC(=O)N(CCc2cccc(Cl)c2)C1. The van der Waals surface area contributed by atoms with Crippen molar-refractivity contribution in [2.45, 2.75) is 18.9 Å². The van der Waals surface area contributed by atoms with E-state index in [9.17, 15) is 9.59 Å². The van der Waals surface area contributed by atoms with Crippen LogP contribution < -0.4 is 10.6 Å². The molecule has 7 heteroatoms. The van der Waals surface area contributed by atoms with Gasteiger partial charge < -0.3 is 15.5 Å². The van der Waals surface area contributed by atoms with E-state index in [1.807, 2.05) is 24.3 Å². The maximum Gasteiger partial charge on any atom is 0.255 e. The lowest BCUT2D eigenvalue weighted by Gasteiger charge is -2.17. The van der Waals surface area contributed by atoms with E-state index in [0.29, 0.717) is 35.9 Å². The smallest absolute Gasteiger partial charge is 0.255 e. The maximum atomic E-state index is 12.5. The predicted octanol–water partition coefficient (Wildman–Crippen LogP) is 2.35. The quantitative estimate of drug-likeness (QED) is 0.816. The second-order valence-corrected chi connectivity index (χ2v) is 6.68. The molecule has 1 aromatic carbocycles. The largest absolute Gasteiger partial charge is 0.372 e. The van der Waals surface area contributed by atoms with E-state index in [1.165, 1.54) is 0 Å². The van der Waals surface area contributed by atoms with E-state index in [0.717, 1.165) is 12.0 Å². The van der Waals surface area contributed by atoms with Crippen LogP contribution in [0.25, 0.3) is 0 Å². The summed E-state index contributed by atoms with van der Waals surface area (Å²) in [6.07, 6.45) is 2.68. The lowest BCUT2D eigenvalue weighted by atomic mass is 10.1. The lowest BCUT2D eigenvalue weighted by molar-refractivity contribution is -0.127. The molecular formula is C19H21ClN4O2. The van der Waals surface area contributed by atoms with Gasteiger partial charge in [-0.25, -0.2) is 4.98 Å². The van der Waals surface area contributed by atoms with Gasteiger partial charge in [-0.3, -0.25) is 9.59 Å². The van der Waals surface area contributed by atoms with Crippen LogP contribution in [0.1, 0.15) is 22.3 Å². The van der Waals surface area contributed by atoms with Gasteiger partial charge >= 0.3 is 0 Å². The van der Waals surface area contributed by atoms with E-state index in [4.69, 9.17) is 11.6 Å². The maximum absolute atomic E-state index is 12.5. The fourth-order valence-electron chi connectivity index (χ4n) is 3.09. The van der Waals surface area contributed by atoms with Gasteiger partial charge in [-0.05, 0) is 36.2 Å². The number of anilines is 1. The van der Waals surface area contributed by atoms with Crippen molar-refractivity contribution in [1.29, 1.82) is 0 Å². The Morgan fingerprint density at radius 1 is 1.35 bits per heavy atom. The Morgan fingerprint density at radius 3 is 2.96 bits per heavy atom. The van der Waals surface area contributed by atoms with Crippen molar-refractivity contribution < 1.29 is 9.59 Å². The first-order chi connectivity index (χ1) is 12.6. The monoisotopic (exact) mass is 372 g/mol. The Hall–Kier alpha value is -2.60. The third-order valence-corrected chi connectivity index (χ3v) is 4.63. The minimum absolute atomic E-state index is 0.0531. The Morgan fingerprint density at radius 2 is 2.19 bits per heavy atom. The summed E-state index contributed by atoms with van der Waals surface area (Å²) in [4.78, 5) is 30.6. The number of aromatic nitrogens is 1. The van der Waals surface area contributed by atoms with Gasteiger partial charge in [-0.2, -0.15) is 0 Å². The van der Waals surface area contributed by atoms with E-state index >= 15 is 0 Å². The molecule has 2 N–H and O–H groups in total. The molecule has 6 nitrogen and oxygen atoms in total. The van der Waals surface area contributed by atoms with Crippen molar-refractivity contribution in [3.63, 3.8) is 0 Å². The molecule has 2 aromatic rings. The van der Waals surface area contributed by atoms with Gasteiger partial charge in [0, 0.05) is 37.8 Å². The number of amides is 2. The van der Waals surface area contributed by atoms with Gasteiger partial charge in [-0.15, -0.1) is 0 Å². The summed E-state index contributed by atoms with van der Waals surface area (Å²) < 4.78 is 0. The van der Waals surface area contributed by atoms with Gasteiger partial charge in [0.15, 0.2) is 0 Å². The summed E-state index contributed by atoms with van der Waals surface area (Å²) in [6.45, 7) is 1.13. The Labute approximate surface area is 157 Å². The first kappa shape index (κ1) is 18.2. The lowest BCUT2D eigenvalue weighted by Crippen LogP contribution is -2.37. The van der Waals surface area contributed by atoms with Crippen LogP contribution in [0.5, 0.6) is 0 Å². The van der Waals surface area contributed by atoms with Crippen molar-refractivity contribution in [2.24, 2.45) is 0 Å². The van der Waals surface area contributed by atoms with Crippen molar-refractivity contribution >= 4 is 29.2 Å². The molecule has 0 saturated carbocycles. The van der Waals surface area contributed by atoms with Crippen molar-refractivity contribution in [2.75, 3.05) is 25.5 Å². The summed E-state index contributed by atoms with van der Waals surface area (Å²) in [5, 5.41) is 6.53. The second kappa shape index (κ2) is 8.19. The van der Waals surface area contributed by atoms with Crippen LogP contribution in [-0.2, 0) is 11.2 Å². The number of likely N-dealkylation sites (tertiary alicyclic amines) is 1. The predicted molar refractivity (Wildman–Crippen MR) is 101 cm³/mol.